The van der Waals surface area contributed by atoms with Crippen molar-refractivity contribution in [2.75, 3.05) is 5.32 Å². The molecule has 0 unspecified atom stereocenters. The van der Waals surface area contributed by atoms with Gasteiger partial charge in [-0.05, 0) is 38.0 Å². The standard InChI is InChI=1S/C18H19F2NO3/c1-11-7-8-15(13(3)9-11)23-10-14-6-4-5-12(2)16(14)21-18(22)24-17(19)20/h4-9,17H,10H2,1-3H3,(H,21,22). The highest BCUT2D eigenvalue weighted by atomic mass is 19.3. The maximum Gasteiger partial charge on any atom is 0.416 e. The average Bonchev–Trinajstić information content (AvgIpc) is 2.48. The summed E-state index contributed by atoms with van der Waals surface area (Å²) in [5, 5.41) is 2.35. The predicted molar refractivity (Wildman–Crippen MR) is 87.5 cm³/mol. The van der Waals surface area contributed by atoms with Crippen molar-refractivity contribution in [2.24, 2.45) is 0 Å². The van der Waals surface area contributed by atoms with Crippen molar-refractivity contribution in [3.05, 3.63) is 58.7 Å². The minimum atomic E-state index is -3.16. The largest absolute Gasteiger partial charge is 0.489 e. The van der Waals surface area contributed by atoms with Crippen molar-refractivity contribution in [2.45, 2.75) is 34.0 Å². The topological polar surface area (TPSA) is 47.6 Å². The number of rotatable bonds is 5. The fraction of sp³-hybridized carbons (Fsp3) is 0.278. The molecule has 0 aromatic heterocycles. The van der Waals surface area contributed by atoms with Gasteiger partial charge >= 0.3 is 12.7 Å². The molecule has 1 N–H and O–H groups in total. The van der Waals surface area contributed by atoms with E-state index >= 15 is 0 Å². The number of aryl methyl sites for hydroxylation is 3. The second kappa shape index (κ2) is 7.77. The van der Waals surface area contributed by atoms with Crippen LogP contribution in [0.4, 0.5) is 19.3 Å². The van der Waals surface area contributed by atoms with Crippen molar-refractivity contribution in [3.63, 3.8) is 0 Å². The third-order valence-electron chi connectivity index (χ3n) is 3.50. The van der Waals surface area contributed by atoms with Crippen molar-refractivity contribution in [1.82, 2.24) is 0 Å². The van der Waals surface area contributed by atoms with Crippen LogP contribution in [-0.4, -0.2) is 12.7 Å². The zero-order valence-electron chi connectivity index (χ0n) is 13.7. The molecular weight excluding hydrogens is 316 g/mol. The Bertz CT molecular complexity index is 732. The second-order valence-corrected chi connectivity index (χ2v) is 5.46. The van der Waals surface area contributed by atoms with Crippen molar-refractivity contribution >= 4 is 11.8 Å². The Kier molecular flexibility index (Phi) is 5.73. The van der Waals surface area contributed by atoms with Gasteiger partial charge in [-0.15, -0.1) is 0 Å². The molecule has 2 rings (SSSR count). The van der Waals surface area contributed by atoms with E-state index in [9.17, 15) is 13.6 Å². The van der Waals surface area contributed by atoms with E-state index in [0.29, 0.717) is 11.3 Å². The van der Waals surface area contributed by atoms with Gasteiger partial charge in [-0.1, -0.05) is 35.9 Å². The molecule has 0 aliphatic heterocycles. The summed E-state index contributed by atoms with van der Waals surface area (Å²) in [6.45, 7) is 2.73. The van der Waals surface area contributed by atoms with E-state index in [4.69, 9.17) is 4.74 Å². The van der Waals surface area contributed by atoms with E-state index in [0.717, 1.165) is 22.4 Å². The minimum absolute atomic E-state index is 0.190. The molecule has 2 aromatic rings. The summed E-state index contributed by atoms with van der Waals surface area (Å²) in [5.74, 6) is 0.725. The lowest BCUT2D eigenvalue weighted by molar-refractivity contribution is -0.0766. The van der Waals surface area contributed by atoms with Crippen LogP contribution in [0.5, 0.6) is 5.75 Å². The zero-order chi connectivity index (χ0) is 17.7. The molecule has 0 heterocycles. The summed E-state index contributed by atoms with van der Waals surface area (Å²) >= 11 is 0. The molecule has 1 amide bonds. The molecule has 4 nitrogen and oxygen atoms in total. The third-order valence-corrected chi connectivity index (χ3v) is 3.50. The van der Waals surface area contributed by atoms with Gasteiger partial charge in [-0.2, -0.15) is 8.78 Å². The number of alkyl halides is 2. The molecule has 2 aromatic carbocycles. The normalized spacial score (nSPS) is 10.6. The monoisotopic (exact) mass is 335 g/mol. The number of carbonyl (C=O) groups excluding carboxylic acids is 1. The lowest BCUT2D eigenvalue weighted by Crippen LogP contribution is -2.18. The van der Waals surface area contributed by atoms with Crippen LogP contribution in [0.2, 0.25) is 0 Å². The van der Waals surface area contributed by atoms with Crippen LogP contribution in [0.15, 0.2) is 36.4 Å². The Hall–Kier alpha value is -2.63. The first-order chi connectivity index (χ1) is 11.4. The van der Waals surface area contributed by atoms with E-state index in [1.165, 1.54) is 0 Å². The molecular formula is C18H19F2NO3. The third kappa shape index (κ3) is 4.68. The van der Waals surface area contributed by atoms with Gasteiger partial charge in [-0.25, -0.2) is 4.79 Å². The summed E-state index contributed by atoms with van der Waals surface area (Å²) in [7, 11) is 0. The molecule has 0 saturated heterocycles. The fourth-order valence-corrected chi connectivity index (χ4v) is 2.36. The number of benzene rings is 2. The Labute approximate surface area is 139 Å². The van der Waals surface area contributed by atoms with Crippen LogP contribution in [0, 0.1) is 20.8 Å². The predicted octanol–water partition coefficient (Wildman–Crippen LogP) is 4.96. The molecule has 0 saturated carbocycles. The number of carbonyl (C=O) groups is 1. The number of para-hydroxylation sites is 1. The number of anilines is 1. The van der Waals surface area contributed by atoms with E-state index in [2.05, 4.69) is 10.1 Å². The molecule has 0 atom stereocenters. The van der Waals surface area contributed by atoms with Gasteiger partial charge in [0.25, 0.3) is 0 Å². The van der Waals surface area contributed by atoms with Crippen LogP contribution >= 0.6 is 0 Å². The van der Waals surface area contributed by atoms with Crippen LogP contribution in [0.3, 0.4) is 0 Å². The van der Waals surface area contributed by atoms with E-state index in [-0.39, 0.29) is 6.61 Å². The van der Waals surface area contributed by atoms with Gasteiger partial charge in [0.15, 0.2) is 0 Å². The first-order valence-electron chi connectivity index (χ1n) is 7.41. The zero-order valence-corrected chi connectivity index (χ0v) is 13.7. The molecule has 0 bridgehead atoms. The minimum Gasteiger partial charge on any atom is -0.489 e. The quantitative estimate of drug-likeness (QED) is 0.840. The lowest BCUT2D eigenvalue weighted by atomic mass is 10.1. The summed E-state index contributed by atoms with van der Waals surface area (Å²) in [4.78, 5) is 11.4. The maximum atomic E-state index is 12.1. The molecule has 0 fully saturated rings. The average molecular weight is 335 g/mol. The fourth-order valence-electron chi connectivity index (χ4n) is 2.36. The molecule has 0 aliphatic rings. The van der Waals surface area contributed by atoms with Gasteiger partial charge in [-0.3, -0.25) is 5.32 Å². The number of nitrogens with one attached hydrogen (secondary N) is 1. The van der Waals surface area contributed by atoms with Crippen LogP contribution < -0.4 is 10.1 Å². The van der Waals surface area contributed by atoms with Gasteiger partial charge in [0.05, 0.1) is 5.69 Å². The summed E-state index contributed by atoms with van der Waals surface area (Å²) in [6, 6.07) is 11.1. The second-order valence-electron chi connectivity index (χ2n) is 5.46. The number of hydrogen-bond donors (Lipinski definition) is 1. The van der Waals surface area contributed by atoms with Crippen LogP contribution in [0.1, 0.15) is 22.3 Å². The molecule has 24 heavy (non-hydrogen) atoms. The van der Waals surface area contributed by atoms with Gasteiger partial charge < -0.3 is 9.47 Å². The molecule has 0 aliphatic carbocycles. The van der Waals surface area contributed by atoms with Crippen LogP contribution in [0.25, 0.3) is 0 Å². The first-order valence-corrected chi connectivity index (χ1v) is 7.41. The number of hydrogen-bond acceptors (Lipinski definition) is 3. The lowest BCUT2D eigenvalue weighted by Gasteiger charge is -2.15. The summed E-state index contributed by atoms with van der Waals surface area (Å²) in [5.41, 5.74) is 3.93. The van der Waals surface area contributed by atoms with E-state index in [1.54, 1.807) is 25.1 Å². The molecule has 128 valence electrons. The molecule has 6 heteroatoms. The highest BCUT2D eigenvalue weighted by Gasteiger charge is 2.14. The molecule has 0 radical (unpaired) electrons. The summed E-state index contributed by atoms with van der Waals surface area (Å²) < 4.78 is 33.9. The number of halogens is 2. The molecule has 0 spiro atoms. The Morgan fingerprint density at radius 2 is 1.88 bits per heavy atom. The number of amides is 1. The van der Waals surface area contributed by atoms with Gasteiger partial charge in [0, 0.05) is 5.56 Å². The van der Waals surface area contributed by atoms with Crippen molar-refractivity contribution < 1.29 is 23.0 Å². The van der Waals surface area contributed by atoms with Crippen molar-refractivity contribution in [3.8, 4) is 5.75 Å². The van der Waals surface area contributed by atoms with E-state index < -0.39 is 12.7 Å². The SMILES string of the molecule is Cc1ccc(OCc2cccc(C)c2NC(=O)OC(F)F)c(C)c1. The Morgan fingerprint density at radius 1 is 1.12 bits per heavy atom. The van der Waals surface area contributed by atoms with Crippen molar-refractivity contribution in [1.29, 1.82) is 0 Å². The highest BCUT2D eigenvalue weighted by Crippen LogP contribution is 2.25. The van der Waals surface area contributed by atoms with Gasteiger partial charge in [0.2, 0.25) is 0 Å². The first kappa shape index (κ1) is 17.7. The summed E-state index contributed by atoms with van der Waals surface area (Å²) in [6.07, 6.45) is -1.20. The highest BCUT2D eigenvalue weighted by molar-refractivity contribution is 5.86. The smallest absolute Gasteiger partial charge is 0.416 e. The maximum absolute atomic E-state index is 12.1. The Morgan fingerprint density at radius 3 is 2.54 bits per heavy atom. The van der Waals surface area contributed by atoms with Gasteiger partial charge in [0.1, 0.15) is 12.4 Å². The number of ether oxygens (including phenoxy) is 2. The van der Waals surface area contributed by atoms with E-state index in [1.807, 2.05) is 32.0 Å². The van der Waals surface area contributed by atoms with Crippen LogP contribution in [-0.2, 0) is 11.3 Å². The Balaban J connectivity index is 2.15.